The molecule has 2 N–H and O–H groups in total. The van der Waals surface area contributed by atoms with Gasteiger partial charge in [0.2, 0.25) is 0 Å². The Bertz CT molecular complexity index is 458. The smallest absolute Gasteiger partial charge is 0.119 e. The molecule has 1 aliphatic rings. The average Bonchev–Trinajstić information content (AvgIpc) is 2.48. The Balaban J connectivity index is 1.76. The van der Waals surface area contributed by atoms with E-state index in [2.05, 4.69) is 23.8 Å². The second-order valence-electron chi connectivity index (χ2n) is 5.30. The molecule has 1 aromatic carbocycles. The number of benzene rings is 1. The van der Waals surface area contributed by atoms with Gasteiger partial charge < -0.3 is 15.4 Å². The lowest BCUT2D eigenvalue weighted by Crippen LogP contribution is -2.37. The Morgan fingerprint density at radius 2 is 2.10 bits per heavy atom. The first-order valence-electron chi connectivity index (χ1n) is 7.41. The van der Waals surface area contributed by atoms with Gasteiger partial charge >= 0.3 is 0 Å². The van der Waals surface area contributed by atoms with E-state index in [0.717, 1.165) is 24.3 Å². The normalized spacial score (nSPS) is 19.2. The summed E-state index contributed by atoms with van der Waals surface area (Å²) in [5.74, 6) is 6.77. The Morgan fingerprint density at radius 1 is 1.30 bits per heavy atom. The quantitative estimate of drug-likeness (QED) is 0.854. The molecule has 1 aliphatic heterocycles. The van der Waals surface area contributed by atoms with Crippen molar-refractivity contribution in [3.05, 3.63) is 29.8 Å². The number of nitrogens with zero attached hydrogens (tertiary/aromatic N) is 1. The number of ether oxygens (including phenoxy) is 1. The summed E-state index contributed by atoms with van der Waals surface area (Å²) in [4.78, 5) is 2.46. The Hall–Kier alpha value is -1.50. The summed E-state index contributed by atoms with van der Waals surface area (Å²) in [6.07, 6.45) is 5.08. The maximum absolute atomic E-state index is 5.82. The highest BCUT2D eigenvalue weighted by molar-refractivity contribution is 5.38. The van der Waals surface area contributed by atoms with Crippen LogP contribution in [0, 0.1) is 11.8 Å². The third kappa shape index (κ3) is 4.56. The van der Waals surface area contributed by atoms with Crippen LogP contribution < -0.4 is 10.5 Å². The fourth-order valence-corrected chi connectivity index (χ4v) is 2.61. The fraction of sp³-hybridized carbons (Fsp3) is 0.529. The Labute approximate surface area is 122 Å². The van der Waals surface area contributed by atoms with Crippen LogP contribution in [-0.2, 0) is 0 Å². The average molecular weight is 272 g/mol. The van der Waals surface area contributed by atoms with Gasteiger partial charge in [-0.15, -0.1) is 0 Å². The van der Waals surface area contributed by atoms with Gasteiger partial charge in [-0.2, -0.15) is 0 Å². The minimum absolute atomic E-state index is 0.396. The van der Waals surface area contributed by atoms with Crippen molar-refractivity contribution in [1.82, 2.24) is 4.90 Å². The topological polar surface area (TPSA) is 38.5 Å². The van der Waals surface area contributed by atoms with Crippen LogP contribution in [-0.4, -0.2) is 37.7 Å². The van der Waals surface area contributed by atoms with E-state index in [-0.39, 0.29) is 0 Å². The molecule has 1 fully saturated rings. The van der Waals surface area contributed by atoms with E-state index in [1.54, 1.807) is 0 Å². The highest BCUT2D eigenvalue weighted by Crippen LogP contribution is 2.18. The minimum atomic E-state index is 0.396. The zero-order valence-electron chi connectivity index (χ0n) is 12.3. The van der Waals surface area contributed by atoms with Crippen LogP contribution in [0.15, 0.2) is 24.3 Å². The van der Waals surface area contributed by atoms with E-state index in [9.17, 15) is 0 Å². The van der Waals surface area contributed by atoms with Crippen LogP contribution in [0.1, 0.15) is 31.2 Å². The van der Waals surface area contributed by atoms with Crippen molar-refractivity contribution in [1.29, 1.82) is 0 Å². The molecule has 1 saturated heterocycles. The molecular weight excluding hydrogens is 248 g/mol. The first kappa shape index (κ1) is 14.9. The van der Waals surface area contributed by atoms with Crippen molar-refractivity contribution < 1.29 is 4.74 Å². The number of nitrogens with two attached hydrogens (primary N) is 1. The van der Waals surface area contributed by atoms with Crippen LogP contribution in [0.3, 0.4) is 0 Å². The molecule has 108 valence electrons. The predicted octanol–water partition coefficient (Wildman–Crippen LogP) is 2.25. The summed E-state index contributed by atoms with van der Waals surface area (Å²) < 4.78 is 5.82. The van der Waals surface area contributed by atoms with E-state index in [1.807, 2.05) is 24.3 Å². The molecule has 3 heteroatoms. The number of rotatable bonds is 4. The third-order valence-electron chi connectivity index (χ3n) is 3.83. The van der Waals surface area contributed by atoms with E-state index >= 15 is 0 Å². The van der Waals surface area contributed by atoms with Crippen LogP contribution in [0.25, 0.3) is 0 Å². The lowest BCUT2D eigenvalue weighted by atomic mass is 10.0. The van der Waals surface area contributed by atoms with Gasteiger partial charge in [-0.25, -0.2) is 0 Å². The second kappa shape index (κ2) is 7.94. The summed E-state index contributed by atoms with van der Waals surface area (Å²) in [7, 11) is 2.22. The molecule has 20 heavy (non-hydrogen) atoms. The summed E-state index contributed by atoms with van der Waals surface area (Å²) in [6.45, 7) is 2.40. The van der Waals surface area contributed by atoms with Crippen molar-refractivity contribution in [3.8, 4) is 17.6 Å². The molecule has 0 radical (unpaired) electrons. The summed E-state index contributed by atoms with van der Waals surface area (Å²) in [6, 6.07) is 8.59. The lowest BCUT2D eigenvalue weighted by Gasteiger charge is -2.32. The molecule has 0 bridgehead atoms. The molecule has 0 amide bonds. The zero-order valence-corrected chi connectivity index (χ0v) is 12.3. The van der Waals surface area contributed by atoms with Crippen molar-refractivity contribution >= 4 is 0 Å². The van der Waals surface area contributed by atoms with Gasteiger partial charge in [0.15, 0.2) is 0 Å². The zero-order chi connectivity index (χ0) is 14.2. The fourth-order valence-electron chi connectivity index (χ4n) is 2.61. The van der Waals surface area contributed by atoms with Gasteiger partial charge in [0.25, 0.3) is 0 Å². The first-order valence-corrected chi connectivity index (χ1v) is 7.41. The standard InChI is InChI=1S/C17H24N2O/c1-19-13-3-2-6-16(19)11-14-20-17-9-7-15(8-10-17)5-4-12-18/h7-10,16H,2-3,6,11-14,18H2,1H3. The summed E-state index contributed by atoms with van der Waals surface area (Å²) in [5.41, 5.74) is 6.33. The monoisotopic (exact) mass is 272 g/mol. The molecule has 0 aromatic heterocycles. The Morgan fingerprint density at radius 3 is 2.80 bits per heavy atom. The number of piperidine rings is 1. The first-order chi connectivity index (χ1) is 9.79. The predicted molar refractivity (Wildman–Crippen MR) is 82.8 cm³/mol. The maximum Gasteiger partial charge on any atom is 0.119 e. The second-order valence-corrected chi connectivity index (χ2v) is 5.30. The molecule has 0 saturated carbocycles. The Kier molecular flexibility index (Phi) is 5.91. The molecule has 1 unspecified atom stereocenters. The molecule has 0 aliphatic carbocycles. The largest absolute Gasteiger partial charge is 0.494 e. The molecule has 2 rings (SSSR count). The molecule has 1 heterocycles. The summed E-state index contributed by atoms with van der Waals surface area (Å²) >= 11 is 0. The van der Waals surface area contributed by atoms with Gasteiger partial charge in [-0.05, 0) is 57.1 Å². The van der Waals surface area contributed by atoms with Gasteiger partial charge in [-0.1, -0.05) is 18.3 Å². The molecular formula is C17H24N2O. The van der Waals surface area contributed by atoms with Gasteiger partial charge in [-0.3, -0.25) is 0 Å². The van der Waals surface area contributed by atoms with Gasteiger partial charge in [0, 0.05) is 11.6 Å². The van der Waals surface area contributed by atoms with Crippen LogP contribution in [0.4, 0.5) is 0 Å². The van der Waals surface area contributed by atoms with Gasteiger partial charge in [0.05, 0.1) is 13.2 Å². The van der Waals surface area contributed by atoms with E-state index in [1.165, 1.54) is 25.8 Å². The van der Waals surface area contributed by atoms with E-state index in [0.29, 0.717) is 12.6 Å². The SMILES string of the molecule is CN1CCCCC1CCOc1ccc(C#CCN)cc1. The number of hydrogen-bond donors (Lipinski definition) is 1. The summed E-state index contributed by atoms with van der Waals surface area (Å²) in [5, 5.41) is 0. The van der Waals surface area contributed by atoms with E-state index in [4.69, 9.17) is 10.5 Å². The van der Waals surface area contributed by atoms with Crippen LogP contribution >= 0.6 is 0 Å². The number of hydrogen-bond acceptors (Lipinski definition) is 3. The molecule has 3 nitrogen and oxygen atoms in total. The number of likely N-dealkylation sites (tertiary alicyclic amines) is 1. The van der Waals surface area contributed by atoms with E-state index < -0.39 is 0 Å². The van der Waals surface area contributed by atoms with Crippen LogP contribution in [0.5, 0.6) is 5.75 Å². The lowest BCUT2D eigenvalue weighted by molar-refractivity contribution is 0.153. The van der Waals surface area contributed by atoms with Crippen molar-refractivity contribution in [2.24, 2.45) is 5.73 Å². The van der Waals surface area contributed by atoms with Gasteiger partial charge in [0.1, 0.15) is 5.75 Å². The van der Waals surface area contributed by atoms with Crippen LogP contribution in [0.2, 0.25) is 0 Å². The molecule has 0 spiro atoms. The molecule has 1 aromatic rings. The third-order valence-corrected chi connectivity index (χ3v) is 3.83. The minimum Gasteiger partial charge on any atom is -0.494 e. The maximum atomic E-state index is 5.82. The highest BCUT2D eigenvalue weighted by Gasteiger charge is 2.18. The highest BCUT2D eigenvalue weighted by atomic mass is 16.5. The van der Waals surface area contributed by atoms with Crippen molar-refractivity contribution in [2.45, 2.75) is 31.7 Å². The van der Waals surface area contributed by atoms with Crippen molar-refractivity contribution in [2.75, 3.05) is 26.7 Å². The van der Waals surface area contributed by atoms with Crippen molar-refractivity contribution in [3.63, 3.8) is 0 Å². The molecule has 1 atom stereocenters.